The first-order valence-electron chi connectivity index (χ1n) is 7.12. The molecule has 0 aliphatic rings. The molecule has 0 aliphatic carbocycles. The number of carbonyl (C=O) groups is 1. The lowest BCUT2D eigenvalue weighted by molar-refractivity contribution is -0.304. The quantitative estimate of drug-likeness (QED) is 0.519. The van der Waals surface area contributed by atoms with E-state index in [0.29, 0.717) is 12.2 Å². The van der Waals surface area contributed by atoms with Gasteiger partial charge in [-0.2, -0.15) is 0 Å². The lowest BCUT2D eigenvalue weighted by Crippen LogP contribution is -2.38. The molecule has 0 aliphatic heterocycles. The van der Waals surface area contributed by atoms with Gasteiger partial charge in [-0.05, 0) is 13.3 Å². The van der Waals surface area contributed by atoms with Crippen LogP contribution in [-0.4, -0.2) is 30.3 Å². The maximum absolute atomic E-state index is 12.4. The van der Waals surface area contributed by atoms with Gasteiger partial charge < -0.3 is 9.90 Å². The fraction of sp³-hybridized carbons (Fsp3) is 0.500. The maximum atomic E-state index is 12.4. The number of hydrogen-bond donors (Lipinski definition) is 0. The molecule has 2 aromatic heterocycles. The summed E-state index contributed by atoms with van der Waals surface area (Å²) in [5.41, 5.74) is -0.823. The van der Waals surface area contributed by atoms with Crippen LogP contribution >= 0.6 is 11.8 Å². The summed E-state index contributed by atoms with van der Waals surface area (Å²) in [6.07, 6.45) is 1.34. The molecule has 0 unspecified atom stereocenters. The predicted octanol–water partition coefficient (Wildman–Crippen LogP) is -0.790. The number of carboxylic acid groups (broad SMARTS) is 1. The molecule has 0 amide bonds. The van der Waals surface area contributed by atoms with Crippen molar-refractivity contribution in [3.63, 3.8) is 0 Å². The standard InChI is InChI=1S/C14H18N4O4S/c1-5-6-8-15-10-9(11(16-8)23-7(2)13(20)21)12(19)18(4)14(22)17(10)3/h7H,5-6H2,1-4H3,(H,20,21)/p-1/t7-/m1/s1. The van der Waals surface area contributed by atoms with Gasteiger partial charge in [-0.15, -0.1) is 0 Å². The number of fused-ring (bicyclic) bond motifs is 1. The Morgan fingerprint density at radius 3 is 2.48 bits per heavy atom. The molecule has 0 spiro atoms. The van der Waals surface area contributed by atoms with Crippen LogP contribution in [0.15, 0.2) is 14.6 Å². The number of aryl methyl sites for hydroxylation is 2. The zero-order valence-corrected chi connectivity index (χ0v) is 14.1. The minimum absolute atomic E-state index is 0.146. The molecule has 124 valence electrons. The van der Waals surface area contributed by atoms with Crippen molar-refractivity contribution in [3.8, 4) is 0 Å². The SMILES string of the molecule is CCCc1nc(S[C@H](C)C(=O)[O-])c2c(=O)n(C)c(=O)n(C)c2n1. The Morgan fingerprint density at radius 2 is 1.91 bits per heavy atom. The van der Waals surface area contributed by atoms with Crippen LogP contribution in [0.2, 0.25) is 0 Å². The molecule has 9 heteroatoms. The van der Waals surface area contributed by atoms with E-state index < -0.39 is 22.5 Å². The third-order valence-corrected chi connectivity index (χ3v) is 4.47. The number of carboxylic acids is 1. The normalized spacial score (nSPS) is 12.5. The summed E-state index contributed by atoms with van der Waals surface area (Å²) < 4.78 is 2.23. The van der Waals surface area contributed by atoms with Gasteiger partial charge in [0.25, 0.3) is 5.56 Å². The third-order valence-electron chi connectivity index (χ3n) is 3.41. The first-order chi connectivity index (χ1) is 10.8. The van der Waals surface area contributed by atoms with Gasteiger partial charge >= 0.3 is 5.69 Å². The molecule has 0 N–H and O–H groups in total. The van der Waals surface area contributed by atoms with Crippen molar-refractivity contribution in [2.24, 2.45) is 14.1 Å². The molecular formula is C14H17N4O4S-. The summed E-state index contributed by atoms with van der Waals surface area (Å²) >= 11 is 0.917. The monoisotopic (exact) mass is 337 g/mol. The van der Waals surface area contributed by atoms with Crippen molar-refractivity contribution in [2.45, 2.75) is 37.0 Å². The van der Waals surface area contributed by atoms with Crippen molar-refractivity contribution in [2.75, 3.05) is 0 Å². The molecule has 1 atom stereocenters. The van der Waals surface area contributed by atoms with Crippen LogP contribution in [0.1, 0.15) is 26.1 Å². The average molecular weight is 337 g/mol. The topological polar surface area (TPSA) is 110 Å². The van der Waals surface area contributed by atoms with Crippen LogP contribution in [0.4, 0.5) is 0 Å². The molecule has 0 radical (unpaired) electrons. The predicted molar refractivity (Wildman–Crippen MR) is 84.3 cm³/mol. The number of hydrogen-bond acceptors (Lipinski definition) is 7. The highest BCUT2D eigenvalue weighted by Crippen LogP contribution is 2.26. The van der Waals surface area contributed by atoms with Crippen LogP contribution in [0.5, 0.6) is 0 Å². The van der Waals surface area contributed by atoms with Crippen molar-refractivity contribution >= 4 is 28.8 Å². The van der Waals surface area contributed by atoms with E-state index in [2.05, 4.69) is 9.97 Å². The fourth-order valence-electron chi connectivity index (χ4n) is 2.11. The number of thioether (sulfide) groups is 1. The Kier molecular flexibility index (Phi) is 4.88. The summed E-state index contributed by atoms with van der Waals surface area (Å²) in [4.78, 5) is 44.1. The third kappa shape index (κ3) is 3.14. The summed E-state index contributed by atoms with van der Waals surface area (Å²) in [5.74, 6) is -0.781. The molecule has 0 saturated heterocycles. The Morgan fingerprint density at radius 1 is 1.26 bits per heavy atom. The first kappa shape index (κ1) is 17.2. The number of nitrogens with zero attached hydrogens (tertiary/aromatic N) is 4. The van der Waals surface area contributed by atoms with E-state index in [1.165, 1.54) is 25.6 Å². The average Bonchev–Trinajstić information content (AvgIpc) is 2.50. The van der Waals surface area contributed by atoms with E-state index in [1.54, 1.807) is 0 Å². The van der Waals surface area contributed by atoms with E-state index >= 15 is 0 Å². The maximum Gasteiger partial charge on any atom is 0.332 e. The summed E-state index contributed by atoms with van der Waals surface area (Å²) in [5, 5.41) is 10.5. The summed E-state index contributed by atoms with van der Waals surface area (Å²) in [6, 6.07) is 0. The molecule has 0 aromatic carbocycles. The van der Waals surface area contributed by atoms with Crippen LogP contribution in [0.25, 0.3) is 11.0 Å². The lowest BCUT2D eigenvalue weighted by Gasteiger charge is -2.15. The zero-order valence-electron chi connectivity index (χ0n) is 13.3. The van der Waals surface area contributed by atoms with E-state index in [0.717, 1.165) is 22.7 Å². The summed E-state index contributed by atoms with van der Waals surface area (Å²) in [7, 11) is 2.88. The molecule has 0 saturated carbocycles. The highest BCUT2D eigenvalue weighted by atomic mass is 32.2. The first-order valence-corrected chi connectivity index (χ1v) is 8.00. The molecule has 2 aromatic rings. The minimum Gasteiger partial charge on any atom is -0.549 e. The van der Waals surface area contributed by atoms with Crippen LogP contribution < -0.4 is 16.4 Å². The fourth-order valence-corrected chi connectivity index (χ4v) is 2.99. The molecule has 2 rings (SSSR count). The number of carbonyl (C=O) groups excluding carboxylic acids is 1. The highest BCUT2D eigenvalue weighted by Gasteiger charge is 2.19. The summed E-state index contributed by atoms with van der Waals surface area (Å²) in [6.45, 7) is 3.41. The van der Waals surface area contributed by atoms with Crippen molar-refractivity contribution in [3.05, 3.63) is 26.7 Å². The van der Waals surface area contributed by atoms with Crippen molar-refractivity contribution < 1.29 is 9.90 Å². The molecular weight excluding hydrogens is 320 g/mol. The zero-order chi connectivity index (χ0) is 17.3. The Labute approximate surface area is 136 Å². The van der Waals surface area contributed by atoms with E-state index in [9.17, 15) is 19.5 Å². The number of aliphatic carboxylic acids is 1. The Bertz CT molecular complexity index is 887. The van der Waals surface area contributed by atoms with Gasteiger partial charge in [-0.3, -0.25) is 13.9 Å². The van der Waals surface area contributed by atoms with Gasteiger partial charge in [0.1, 0.15) is 16.2 Å². The molecule has 23 heavy (non-hydrogen) atoms. The van der Waals surface area contributed by atoms with E-state index in [-0.39, 0.29) is 16.1 Å². The number of aromatic nitrogens is 4. The van der Waals surface area contributed by atoms with Crippen molar-refractivity contribution in [1.82, 2.24) is 19.1 Å². The molecule has 0 bridgehead atoms. The van der Waals surface area contributed by atoms with Crippen molar-refractivity contribution in [1.29, 1.82) is 0 Å². The van der Waals surface area contributed by atoms with E-state index in [4.69, 9.17) is 0 Å². The van der Waals surface area contributed by atoms with Gasteiger partial charge in [0.15, 0.2) is 5.65 Å². The van der Waals surface area contributed by atoms with Gasteiger partial charge in [0.05, 0.1) is 5.97 Å². The highest BCUT2D eigenvalue weighted by molar-refractivity contribution is 8.00. The minimum atomic E-state index is -1.25. The van der Waals surface area contributed by atoms with Crippen LogP contribution in [-0.2, 0) is 25.3 Å². The Hall–Kier alpha value is -2.16. The Balaban J connectivity index is 2.84. The molecule has 2 heterocycles. The van der Waals surface area contributed by atoms with Crippen LogP contribution in [0.3, 0.4) is 0 Å². The second-order valence-corrected chi connectivity index (χ2v) is 6.51. The van der Waals surface area contributed by atoms with Gasteiger partial charge in [0, 0.05) is 25.8 Å². The second-order valence-electron chi connectivity index (χ2n) is 5.18. The smallest absolute Gasteiger partial charge is 0.332 e. The van der Waals surface area contributed by atoms with Gasteiger partial charge in [-0.25, -0.2) is 14.8 Å². The van der Waals surface area contributed by atoms with Gasteiger partial charge in [0.2, 0.25) is 0 Å². The van der Waals surface area contributed by atoms with Crippen LogP contribution in [0, 0.1) is 0 Å². The lowest BCUT2D eigenvalue weighted by atomic mass is 10.3. The number of rotatable bonds is 5. The largest absolute Gasteiger partial charge is 0.549 e. The van der Waals surface area contributed by atoms with E-state index in [1.807, 2.05) is 6.92 Å². The van der Waals surface area contributed by atoms with Gasteiger partial charge in [-0.1, -0.05) is 18.7 Å². The molecule has 8 nitrogen and oxygen atoms in total. The second kappa shape index (κ2) is 6.53. The molecule has 0 fully saturated rings.